The number of hydrogen-bond donors (Lipinski definition) is 0. The molecule has 22 nitrogen and oxygen atoms in total. The molecule has 0 saturated carbocycles. The molecular weight excluding hydrogens is 1780 g/mol. The summed E-state index contributed by atoms with van der Waals surface area (Å²) in [5, 5.41) is 3.02. The molecule has 0 spiro atoms. The van der Waals surface area contributed by atoms with Crippen LogP contribution in [0.15, 0.2) is 108 Å². The molecule has 3 aromatic heterocycles. The molecular formula is C87H86Cl6IMgN4O18P. The molecule has 0 aliphatic carbocycles. The Bertz CT molecular complexity index is 5980. The van der Waals surface area contributed by atoms with Gasteiger partial charge in [-0.05, 0) is 235 Å². The summed E-state index contributed by atoms with van der Waals surface area (Å²) in [4.78, 5) is 15.9. The molecule has 118 heavy (non-hydrogen) atoms. The smallest absolute Gasteiger partial charge is 1.00 e. The van der Waals surface area contributed by atoms with Crippen molar-refractivity contribution in [3.8, 4) is 126 Å². The molecule has 11 aromatic rings. The van der Waals surface area contributed by atoms with E-state index in [2.05, 4.69) is 137 Å². The van der Waals surface area contributed by atoms with Gasteiger partial charge in [0.1, 0.15) is 5.39 Å². The van der Waals surface area contributed by atoms with Crippen LogP contribution < -0.4 is 139 Å². The predicted octanol–water partition coefficient (Wildman–Crippen LogP) is 9.06. The number of aryl methyl sites for hydroxylation is 7. The second-order valence-electron chi connectivity index (χ2n) is 28.6. The molecule has 0 atom stereocenters. The number of aromatic nitrogens is 3. The first-order valence-corrected chi connectivity index (χ1v) is 41.5. The third kappa shape index (κ3) is 15.6. The van der Waals surface area contributed by atoms with Gasteiger partial charge in [0.25, 0.3) is 10.7 Å². The minimum absolute atomic E-state index is 0. The van der Waals surface area contributed by atoms with Crippen LogP contribution in [0.2, 0.25) is 5.15 Å². The first-order valence-electron chi connectivity index (χ1n) is 36.7. The number of halogens is 7. The Morgan fingerprint density at radius 2 is 0.839 bits per heavy atom. The fourth-order valence-corrected chi connectivity index (χ4v) is 17.9. The van der Waals surface area contributed by atoms with Gasteiger partial charge < -0.3 is 141 Å². The third-order valence-electron chi connectivity index (χ3n) is 22.7. The summed E-state index contributed by atoms with van der Waals surface area (Å²) in [6, 6.07) is 32.7. The van der Waals surface area contributed by atoms with Gasteiger partial charge in [0.15, 0.2) is 111 Å². The van der Waals surface area contributed by atoms with E-state index < -0.39 is 5.20 Å². The Morgan fingerprint density at radius 1 is 0.449 bits per heavy atom. The molecule has 0 unspecified atom stereocenters. The van der Waals surface area contributed by atoms with Crippen LogP contribution in [-0.4, -0.2) is 123 Å². The van der Waals surface area contributed by atoms with E-state index in [0.29, 0.717) is 53.7 Å². The van der Waals surface area contributed by atoms with E-state index in [0.717, 1.165) is 169 Å². The molecule has 0 N–H and O–H groups in total. The van der Waals surface area contributed by atoms with Gasteiger partial charge in [-0.15, -0.1) is 0 Å². The van der Waals surface area contributed by atoms with Crippen molar-refractivity contribution >= 4 is 117 Å². The van der Waals surface area contributed by atoms with Crippen molar-refractivity contribution in [2.75, 3.05) is 90.6 Å². The Hall–Kier alpha value is -8.40. The summed E-state index contributed by atoms with van der Waals surface area (Å²) in [6.07, 6.45) is 5.73. The van der Waals surface area contributed by atoms with E-state index in [1.54, 1.807) is 56.9 Å². The van der Waals surface area contributed by atoms with E-state index in [1.807, 2.05) is 60.0 Å². The van der Waals surface area contributed by atoms with Gasteiger partial charge in [-0.1, -0.05) is 6.07 Å². The van der Waals surface area contributed by atoms with E-state index in [9.17, 15) is 9.36 Å². The van der Waals surface area contributed by atoms with E-state index in [1.165, 1.54) is 72.4 Å². The zero-order valence-electron chi connectivity index (χ0n) is 67.7. The Morgan fingerprint density at radius 3 is 1.34 bits per heavy atom. The van der Waals surface area contributed by atoms with Crippen molar-refractivity contribution < 1.29 is 138 Å². The molecule has 0 fully saturated rings. The molecule has 9 aliphatic heterocycles. The van der Waals surface area contributed by atoms with Crippen LogP contribution in [0.3, 0.4) is 0 Å². The average molecular weight is 1870 g/mol. The van der Waals surface area contributed by atoms with E-state index in [4.69, 9.17) is 87.4 Å². The first-order chi connectivity index (χ1) is 54.4. The van der Waals surface area contributed by atoms with Crippen LogP contribution in [0, 0.1) is 28.2 Å². The number of fused-ring (bicyclic) bond motifs is 20. The molecule has 9 aliphatic rings. The Labute approximate surface area is 749 Å². The summed E-state index contributed by atoms with van der Waals surface area (Å²) in [6.45, 7) is 17.4. The largest absolute Gasteiger partial charge is 2.00 e. The van der Waals surface area contributed by atoms with Crippen LogP contribution >= 0.6 is 50.5 Å². The maximum Gasteiger partial charge on any atom is 2.00 e. The number of allylic oxidation sites excluding steroid dienone is 1. The summed E-state index contributed by atoms with van der Waals surface area (Å²) in [5.41, 5.74) is 20.9. The number of hydrogen-bond acceptors (Lipinski definition) is 19. The average Bonchev–Trinajstić information content (AvgIpc) is 1.53. The van der Waals surface area contributed by atoms with Crippen LogP contribution in [0.5, 0.6) is 92.0 Å². The quantitative estimate of drug-likeness (QED) is 0.0348. The first kappa shape index (κ1) is 90.4. The van der Waals surface area contributed by atoms with Gasteiger partial charge in [0.05, 0.1) is 90.0 Å². The number of rotatable bonds is 8. The summed E-state index contributed by atoms with van der Waals surface area (Å²) in [7, 11) is 13.2. The zero-order valence-corrected chi connectivity index (χ0v) is 76.7. The Kier molecular flexibility index (Phi) is 27.7. The van der Waals surface area contributed by atoms with Gasteiger partial charge in [0.2, 0.25) is 38.6 Å². The van der Waals surface area contributed by atoms with Gasteiger partial charge in [-0.25, -0.2) is 0 Å². The van der Waals surface area contributed by atoms with Crippen LogP contribution in [-0.2, 0) is 55.4 Å². The van der Waals surface area contributed by atoms with E-state index in [-0.39, 0.29) is 104 Å². The van der Waals surface area contributed by atoms with E-state index >= 15 is 0 Å². The van der Waals surface area contributed by atoms with Crippen molar-refractivity contribution in [3.05, 3.63) is 182 Å². The second kappa shape index (κ2) is 36.1. The molecule has 20 rings (SSSR count). The monoisotopic (exact) mass is 1870 g/mol. The molecule has 12 heterocycles. The minimum Gasteiger partial charge on any atom is -1.00 e. The fourth-order valence-electron chi connectivity index (χ4n) is 17.6. The molecule has 0 bridgehead atoms. The summed E-state index contributed by atoms with van der Waals surface area (Å²) >= 11 is 20.7. The zero-order chi connectivity index (χ0) is 79.4. The van der Waals surface area contributed by atoms with Gasteiger partial charge in [0, 0.05) is 70.2 Å². The standard InChI is InChI=1S/C23H25NO4.C21H19ClNO4.C21H19NO5.C21H20NO4.CH3.Cl3OP.2ClH.HI.Mg/c1-13-15-6-7-17(25-4)22(26-5)20(15)23(2,3)24-9-8-14-10-18-19(28-12-27-18)11-16(14)21(13)24;1-11-13-4-5-15(24-2)20(25-3)18(13)21(22)23-7-6-12-8-16-17(27-10-26-16)9-14(12)19(11)23;1-11-13-4-5-15(24-2)20(25-3)18(13)21(23)22-7-6-12-8-16-17(27-10-26-16)9-14(12)19(11)22;1-12-14-4-5-17(23-2)21(24-3)16(14)10-22-7-6-13-8-18-19(26-11-25-18)9-15(13)20(12)22;;1-5(2,3)4;;;;/h6-7,10-11H,8-9,12H2,1-5H3;2*4-5,8-9H,6-7,10H2,1-3H3;4-5,8-10H,6-7,11H2,1-3H3;1H3;;3*1H;/q;+1;;+1;-1;;;;;+2/p-3. The van der Waals surface area contributed by atoms with Crippen molar-refractivity contribution in [1.82, 2.24) is 9.47 Å². The van der Waals surface area contributed by atoms with Crippen molar-refractivity contribution in [2.24, 2.45) is 0 Å². The fraction of sp³-hybridized carbons (Fsp3) is 0.310. The van der Waals surface area contributed by atoms with Crippen molar-refractivity contribution in [1.29, 1.82) is 0 Å². The summed E-state index contributed by atoms with van der Waals surface area (Å²) in [5.74, 6) is 11.9. The maximum absolute atomic E-state index is 13.4. The van der Waals surface area contributed by atoms with Gasteiger partial charge in [-0.3, -0.25) is 9.36 Å². The maximum atomic E-state index is 13.4. The minimum atomic E-state index is -3.22. The van der Waals surface area contributed by atoms with Crippen LogP contribution in [0.25, 0.3) is 77.4 Å². The molecule has 618 valence electrons. The van der Waals surface area contributed by atoms with Gasteiger partial charge >= 0.3 is 28.3 Å². The molecule has 8 aromatic carbocycles. The summed E-state index contributed by atoms with van der Waals surface area (Å²) < 4.78 is 105. The molecule has 31 heteroatoms. The Balaban J connectivity index is 0.000000149. The third-order valence-corrected chi connectivity index (χ3v) is 23.1. The van der Waals surface area contributed by atoms with Crippen molar-refractivity contribution in [2.45, 2.75) is 92.4 Å². The molecule has 0 saturated heterocycles. The molecule has 0 radical (unpaired) electrons. The SMILES string of the molecule is COc1ccc2c(C)c3[n+](c(Cl)c2c1OC)CCc1cc2c(cc1-3)OCO2.COc1ccc2c(C)c3[n+](cc2c1OC)CCc1cc2c(cc1-3)OCO2.COc1ccc2c(C)c3n(c(=O)c2c1OC)CCc1cc2c(cc1-3)OCO2.COc1ccc2c(c1OC)C(C)(C)N1CCc3cc4c(cc3C1=C2C)OCO4.O=P(Cl)(Cl)Cl.[CH3-].[Cl-].[Cl-].[I-].[Mg+2]. The number of pyridine rings is 3. The number of methoxy groups -OCH3 is 8. The van der Waals surface area contributed by atoms with Crippen LogP contribution in [0.1, 0.15) is 76.4 Å². The molecule has 0 amide bonds. The number of nitrogens with zero attached hydrogens (tertiary/aromatic N) is 4. The predicted molar refractivity (Wildman–Crippen MR) is 446 cm³/mol. The van der Waals surface area contributed by atoms with Gasteiger partial charge in [-0.2, -0.15) is 9.13 Å². The number of ether oxygens (including phenoxy) is 16. The van der Waals surface area contributed by atoms with Crippen LogP contribution in [0.4, 0.5) is 0 Å². The normalized spacial score (nSPS) is 14.4. The topological polar surface area (TPSA) is 198 Å². The second-order valence-corrected chi connectivity index (χ2v) is 35.6. The van der Waals surface area contributed by atoms with Crippen molar-refractivity contribution in [3.63, 3.8) is 0 Å². The number of benzene rings is 8.